The first-order chi connectivity index (χ1) is 15.2. The highest BCUT2D eigenvalue weighted by Gasteiger charge is 2.28. The minimum Gasteiger partial charge on any atom is -0.374 e. The first-order valence-electron chi connectivity index (χ1n) is 10.2. The summed E-state index contributed by atoms with van der Waals surface area (Å²) in [6.07, 6.45) is 0.570. The van der Waals surface area contributed by atoms with Gasteiger partial charge < -0.3 is 26.8 Å². The molecule has 0 aliphatic carbocycles. The van der Waals surface area contributed by atoms with Crippen LogP contribution in [0.1, 0.15) is 44.1 Å². The molecule has 0 aliphatic heterocycles. The average Bonchev–Trinajstić information content (AvgIpc) is 3.20. The van der Waals surface area contributed by atoms with E-state index >= 15 is 0 Å². The Balaban J connectivity index is 2.01. The van der Waals surface area contributed by atoms with Gasteiger partial charge in [-0.05, 0) is 36.3 Å². The summed E-state index contributed by atoms with van der Waals surface area (Å²) in [5, 5.41) is 16.9. The predicted octanol–water partition coefficient (Wildman–Crippen LogP) is -0.834. The number of nitrogens with one attached hydrogen (secondary N) is 2. The van der Waals surface area contributed by atoms with E-state index in [9.17, 15) is 14.4 Å². The fourth-order valence-electron chi connectivity index (χ4n) is 2.68. The van der Waals surface area contributed by atoms with Crippen molar-refractivity contribution < 1.29 is 19.1 Å². The van der Waals surface area contributed by atoms with Crippen LogP contribution in [0.25, 0.3) is 0 Å². The largest absolute Gasteiger partial charge is 0.374 e. The molecule has 0 unspecified atom stereocenters. The molecule has 6 N–H and O–H groups in total. The Hall–Kier alpha value is -3.38. The number of benzene rings is 1. The Kier molecular flexibility index (Phi) is 9.22. The highest BCUT2D eigenvalue weighted by molar-refractivity contribution is 5.85. The molecule has 0 aliphatic rings. The summed E-state index contributed by atoms with van der Waals surface area (Å²) in [4.78, 5) is 35.0. The van der Waals surface area contributed by atoms with E-state index in [4.69, 9.17) is 16.2 Å². The predicted molar refractivity (Wildman–Crippen MR) is 115 cm³/mol. The van der Waals surface area contributed by atoms with Gasteiger partial charge in [0.15, 0.2) is 5.82 Å². The Morgan fingerprint density at radius 3 is 2.59 bits per heavy atom. The molecule has 0 saturated carbocycles. The lowest BCUT2D eigenvalue weighted by Gasteiger charge is -2.23. The third-order valence-electron chi connectivity index (χ3n) is 4.39. The Bertz CT molecular complexity index is 895. The minimum absolute atomic E-state index is 0.121. The maximum atomic E-state index is 12.5. The molecular weight excluding hydrogens is 416 g/mol. The molecule has 0 bridgehead atoms. The van der Waals surface area contributed by atoms with Gasteiger partial charge in [-0.1, -0.05) is 30.3 Å². The summed E-state index contributed by atoms with van der Waals surface area (Å²) in [7, 11) is 0. The van der Waals surface area contributed by atoms with Gasteiger partial charge in [-0.3, -0.25) is 14.4 Å². The zero-order valence-corrected chi connectivity index (χ0v) is 18.3. The van der Waals surface area contributed by atoms with E-state index < -0.39 is 17.5 Å². The zero-order chi connectivity index (χ0) is 23.6. The number of amides is 3. The summed E-state index contributed by atoms with van der Waals surface area (Å²) in [6.45, 7) is 3.77. The SMILES string of the molecule is CC(C)(N)C(=O)N[C@H](COCc1ccccc1)c1nnnn1CCCC(=O)NCC(N)=O. The van der Waals surface area contributed by atoms with Crippen LogP contribution in [0.5, 0.6) is 0 Å². The zero-order valence-electron chi connectivity index (χ0n) is 18.3. The molecule has 12 heteroatoms. The van der Waals surface area contributed by atoms with Gasteiger partial charge in [0.25, 0.3) is 0 Å². The maximum absolute atomic E-state index is 12.5. The molecule has 12 nitrogen and oxygen atoms in total. The number of ether oxygens (including phenoxy) is 1. The van der Waals surface area contributed by atoms with Crippen molar-refractivity contribution in [2.45, 2.75) is 51.4 Å². The third kappa shape index (κ3) is 8.40. The van der Waals surface area contributed by atoms with Gasteiger partial charge in [-0.2, -0.15) is 0 Å². The molecule has 0 fully saturated rings. The number of hydrogen-bond acceptors (Lipinski definition) is 8. The topological polar surface area (TPSA) is 180 Å². The summed E-state index contributed by atoms with van der Waals surface area (Å²) >= 11 is 0. The molecule has 1 aromatic carbocycles. The average molecular weight is 447 g/mol. The number of carbonyl (C=O) groups is 3. The lowest BCUT2D eigenvalue weighted by molar-refractivity contribution is -0.126. The Labute approximate surface area is 186 Å². The summed E-state index contributed by atoms with van der Waals surface area (Å²) in [5.41, 5.74) is 10.8. The van der Waals surface area contributed by atoms with Crippen LogP contribution in [-0.4, -0.2) is 56.6 Å². The van der Waals surface area contributed by atoms with Gasteiger partial charge in [0.2, 0.25) is 17.7 Å². The molecule has 3 amide bonds. The highest BCUT2D eigenvalue weighted by atomic mass is 16.5. The van der Waals surface area contributed by atoms with Crippen molar-refractivity contribution in [3.05, 3.63) is 41.7 Å². The van der Waals surface area contributed by atoms with Crippen LogP contribution in [0.3, 0.4) is 0 Å². The quantitative estimate of drug-likeness (QED) is 0.307. The normalized spacial score (nSPS) is 12.2. The second-order valence-electron chi connectivity index (χ2n) is 7.86. The third-order valence-corrected chi connectivity index (χ3v) is 4.39. The van der Waals surface area contributed by atoms with Crippen LogP contribution in [0, 0.1) is 0 Å². The molecule has 1 aromatic heterocycles. The van der Waals surface area contributed by atoms with Gasteiger partial charge in [-0.25, -0.2) is 4.68 Å². The van der Waals surface area contributed by atoms with E-state index in [2.05, 4.69) is 26.2 Å². The van der Waals surface area contributed by atoms with Crippen molar-refractivity contribution in [3.8, 4) is 0 Å². The first-order valence-corrected chi connectivity index (χ1v) is 10.2. The van der Waals surface area contributed by atoms with Crippen molar-refractivity contribution in [2.75, 3.05) is 13.2 Å². The van der Waals surface area contributed by atoms with Gasteiger partial charge in [0.05, 0.1) is 25.3 Å². The second-order valence-corrected chi connectivity index (χ2v) is 7.86. The van der Waals surface area contributed by atoms with E-state index in [1.165, 1.54) is 4.68 Å². The van der Waals surface area contributed by atoms with Gasteiger partial charge in [0, 0.05) is 13.0 Å². The van der Waals surface area contributed by atoms with Crippen molar-refractivity contribution in [2.24, 2.45) is 11.5 Å². The van der Waals surface area contributed by atoms with Crippen molar-refractivity contribution in [1.82, 2.24) is 30.8 Å². The molecule has 0 saturated heterocycles. The van der Waals surface area contributed by atoms with Crippen molar-refractivity contribution >= 4 is 17.7 Å². The van der Waals surface area contributed by atoms with Crippen LogP contribution in [0.4, 0.5) is 0 Å². The van der Waals surface area contributed by atoms with E-state index in [1.54, 1.807) is 13.8 Å². The Morgan fingerprint density at radius 2 is 1.94 bits per heavy atom. The standard InChI is InChI=1S/C20H30N8O4/c1-20(2,22)19(31)24-15(13-32-12-14-7-4-3-5-8-14)18-25-26-27-28(18)10-6-9-17(30)23-11-16(21)29/h3-5,7-8,15H,6,9-13,22H2,1-2H3,(H2,21,29)(H,23,30)(H,24,31)/t15-/m1/s1. The van der Waals surface area contributed by atoms with Gasteiger partial charge in [-0.15, -0.1) is 5.10 Å². The number of aromatic nitrogens is 4. The molecule has 0 radical (unpaired) electrons. The highest BCUT2D eigenvalue weighted by Crippen LogP contribution is 2.14. The molecule has 2 aromatic rings. The van der Waals surface area contributed by atoms with Crippen LogP contribution in [0.2, 0.25) is 0 Å². The van der Waals surface area contributed by atoms with Crippen LogP contribution >= 0.6 is 0 Å². The number of nitrogens with zero attached hydrogens (tertiary/aromatic N) is 4. The monoisotopic (exact) mass is 446 g/mol. The number of primary amides is 1. The minimum atomic E-state index is -1.10. The van der Waals surface area contributed by atoms with E-state index in [1.807, 2.05) is 30.3 Å². The van der Waals surface area contributed by atoms with Crippen molar-refractivity contribution in [3.63, 3.8) is 0 Å². The lowest BCUT2D eigenvalue weighted by Crippen LogP contribution is -2.51. The second kappa shape index (κ2) is 11.9. The lowest BCUT2D eigenvalue weighted by atomic mass is 10.1. The van der Waals surface area contributed by atoms with Gasteiger partial charge >= 0.3 is 0 Å². The van der Waals surface area contributed by atoms with Crippen LogP contribution in [0.15, 0.2) is 30.3 Å². The van der Waals surface area contributed by atoms with E-state index in [0.29, 0.717) is 25.4 Å². The number of nitrogens with two attached hydrogens (primary N) is 2. The molecule has 174 valence electrons. The number of hydrogen-bond donors (Lipinski definition) is 4. The van der Waals surface area contributed by atoms with Crippen LogP contribution < -0.4 is 22.1 Å². The fraction of sp³-hybridized carbons (Fsp3) is 0.500. The molecule has 1 atom stereocenters. The molecule has 32 heavy (non-hydrogen) atoms. The molecule has 2 rings (SSSR count). The number of rotatable bonds is 13. The molecule has 1 heterocycles. The number of tetrazole rings is 1. The Morgan fingerprint density at radius 1 is 1.22 bits per heavy atom. The van der Waals surface area contributed by atoms with E-state index in [0.717, 1.165) is 5.56 Å². The summed E-state index contributed by atoms with van der Waals surface area (Å²) in [6, 6.07) is 8.96. The van der Waals surface area contributed by atoms with Crippen LogP contribution in [-0.2, 0) is 32.3 Å². The van der Waals surface area contributed by atoms with Crippen molar-refractivity contribution in [1.29, 1.82) is 0 Å². The molecule has 0 spiro atoms. The maximum Gasteiger partial charge on any atom is 0.240 e. The van der Waals surface area contributed by atoms with Gasteiger partial charge in [0.1, 0.15) is 6.04 Å². The number of aryl methyl sites for hydroxylation is 1. The summed E-state index contributed by atoms with van der Waals surface area (Å²) in [5.74, 6) is -0.920. The number of carbonyl (C=O) groups excluding carboxylic acids is 3. The van der Waals surface area contributed by atoms with E-state index in [-0.39, 0.29) is 31.4 Å². The summed E-state index contributed by atoms with van der Waals surface area (Å²) < 4.78 is 7.30. The molecular formula is C20H30N8O4. The smallest absolute Gasteiger partial charge is 0.240 e. The first kappa shape index (κ1) is 24.9. The fourth-order valence-corrected chi connectivity index (χ4v) is 2.68.